The van der Waals surface area contributed by atoms with Crippen LogP contribution in [0.25, 0.3) is 11.1 Å². The van der Waals surface area contributed by atoms with Crippen LogP contribution < -0.4 is 5.73 Å². The number of halogens is 1. The van der Waals surface area contributed by atoms with Crippen LogP contribution in [0.1, 0.15) is 0 Å². The van der Waals surface area contributed by atoms with Crippen molar-refractivity contribution in [3.05, 3.63) is 71.5 Å². The van der Waals surface area contributed by atoms with E-state index in [1.165, 1.54) is 0 Å². The molecule has 0 bridgehead atoms. The largest absolute Gasteiger partial charge is 0.397 e. The summed E-state index contributed by atoms with van der Waals surface area (Å²) in [5, 5.41) is 8.40. The van der Waals surface area contributed by atoms with E-state index in [2.05, 4.69) is 31.1 Å². The SMILES string of the molecule is Nc1cc(Br)ccc1N=Nc1ccc(-c2cccnc2)cc1. The molecule has 0 fully saturated rings. The number of azo groups is 1. The second-order valence-corrected chi connectivity index (χ2v) is 5.61. The molecule has 5 heteroatoms. The molecule has 0 amide bonds. The second-order valence-electron chi connectivity index (χ2n) is 4.69. The van der Waals surface area contributed by atoms with Crippen molar-refractivity contribution in [3.63, 3.8) is 0 Å². The van der Waals surface area contributed by atoms with Crippen molar-refractivity contribution < 1.29 is 0 Å². The van der Waals surface area contributed by atoms with Gasteiger partial charge < -0.3 is 5.73 Å². The lowest BCUT2D eigenvalue weighted by Gasteiger charge is -2.01. The highest BCUT2D eigenvalue weighted by Gasteiger charge is 1.99. The highest BCUT2D eigenvalue weighted by molar-refractivity contribution is 9.10. The van der Waals surface area contributed by atoms with Gasteiger partial charge in [0.25, 0.3) is 0 Å². The van der Waals surface area contributed by atoms with Gasteiger partial charge in [0.05, 0.1) is 11.4 Å². The minimum atomic E-state index is 0.588. The number of hydrogen-bond acceptors (Lipinski definition) is 4. The van der Waals surface area contributed by atoms with Gasteiger partial charge in [-0.2, -0.15) is 5.11 Å². The number of pyridine rings is 1. The van der Waals surface area contributed by atoms with Crippen molar-refractivity contribution in [2.75, 3.05) is 5.73 Å². The molecule has 0 unspecified atom stereocenters. The summed E-state index contributed by atoms with van der Waals surface area (Å²) >= 11 is 3.37. The van der Waals surface area contributed by atoms with Crippen LogP contribution in [0.2, 0.25) is 0 Å². The van der Waals surface area contributed by atoms with Gasteiger partial charge >= 0.3 is 0 Å². The predicted octanol–water partition coefficient (Wildman–Crippen LogP) is 5.51. The van der Waals surface area contributed by atoms with Gasteiger partial charge in [-0.1, -0.05) is 34.1 Å². The number of benzene rings is 2. The standard InChI is InChI=1S/C17H13BrN4/c18-14-5-8-17(16(19)10-14)22-21-15-6-3-12(4-7-15)13-2-1-9-20-11-13/h1-11H,19H2. The Hall–Kier alpha value is -2.53. The fourth-order valence-electron chi connectivity index (χ4n) is 1.98. The zero-order chi connectivity index (χ0) is 15.4. The van der Waals surface area contributed by atoms with Gasteiger partial charge in [-0.3, -0.25) is 4.98 Å². The lowest BCUT2D eigenvalue weighted by Crippen LogP contribution is -1.84. The molecule has 3 aromatic rings. The number of hydrogen-bond donors (Lipinski definition) is 1. The number of nitrogens with zero attached hydrogens (tertiary/aromatic N) is 3. The van der Waals surface area contributed by atoms with Crippen LogP contribution in [0.15, 0.2) is 81.7 Å². The average molecular weight is 353 g/mol. The van der Waals surface area contributed by atoms with Crippen molar-refractivity contribution in [2.24, 2.45) is 10.2 Å². The number of aromatic nitrogens is 1. The van der Waals surface area contributed by atoms with E-state index in [4.69, 9.17) is 5.73 Å². The molecule has 0 saturated carbocycles. The van der Waals surface area contributed by atoms with E-state index in [9.17, 15) is 0 Å². The smallest absolute Gasteiger partial charge is 0.109 e. The van der Waals surface area contributed by atoms with E-state index in [1.807, 2.05) is 54.7 Å². The maximum atomic E-state index is 5.89. The highest BCUT2D eigenvalue weighted by Crippen LogP contribution is 2.28. The molecule has 2 N–H and O–H groups in total. The van der Waals surface area contributed by atoms with Gasteiger partial charge in [0.2, 0.25) is 0 Å². The number of nitrogens with two attached hydrogens (primary N) is 1. The molecule has 0 aliphatic rings. The highest BCUT2D eigenvalue weighted by atomic mass is 79.9. The van der Waals surface area contributed by atoms with E-state index in [1.54, 1.807) is 12.3 Å². The molecule has 1 aromatic heterocycles. The molecular formula is C17H13BrN4. The lowest BCUT2D eigenvalue weighted by molar-refractivity contribution is 1.23. The maximum absolute atomic E-state index is 5.89. The second kappa shape index (κ2) is 6.49. The molecule has 0 saturated heterocycles. The fourth-order valence-corrected chi connectivity index (χ4v) is 2.36. The first-order valence-electron chi connectivity index (χ1n) is 6.69. The van der Waals surface area contributed by atoms with Gasteiger partial charge in [-0.05, 0) is 47.5 Å². The summed E-state index contributed by atoms with van der Waals surface area (Å²) in [4.78, 5) is 4.12. The Labute approximate surface area is 136 Å². The fraction of sp³-hybridized carbons (Fsp3) is 0. The molecule has 0 aliphatic heterocycles. The first kappa shape index (κ1) is 14.4. The van der Waals surface area contributed by atoms with E-state index in [0.29, 0.717) is 11.4 Å². The van der Waals surface area contributed by atoms with Gasteiger partial charge in [-0.15, -0.1) is 5.11 Å². The van der Waals surface area contributed by atoms with E-state index in [-0.39, 0.29) is 0 Å². The van der Waals surface area contributed by atoms with Gasteiger partial charge in [0, 0.05) is 16.9 Å². The predicted molar refractivity (Wildman–Crippen MR) is 92.4 cm³/mol. The minimum Gasteiger partial charge on any atom is -0.397 e. The summed E-state index contributed by atoms with van der Waals surface area (Å²) in [6.45, 7) is 0. The molecule has 2 aromatic carbocycles. The summed E-state index contributed by atoms with van der Waals surface area (Å²) in [5.41, 5.74) is 10.1. The van der Waals surface area contributed by atoms with Crippen LogP contribution in [0.5, 0.6) is 0 Å². The summed E-state index contributed by atoms with van der Waals surface area (Å²) in [5.74, 6) is 0. The average Bonchev–Trinajstić information content (AvgIpc) is 2.55. The lowest BCUT2D eigenvalue weighted by atomic mass is 10.1. The molecule has 108 valence electrons. The normalized spacial score (nSPS) is 11.0. The molecule has 4 nitrogen and oxygen atoms in total. The molecule has 0 atom stereocenters. The Bertz CT molecular complexity index is 799. The van der Waals surface area contributed by atoms with Crippen LogP contribution in [-0.4, -0.2) is 4.98 Å². The van der Waals surface area contributed by atoms with E-state index >= 15 is 0 Å². The summed E-state index contributed by atoms with van der Waals surface area (Å²) in [7, 11) is 0. The molecule has 0 aliphatic carbocycles. The Balaban J connectivity index is 1.80. The van der Waals surface area contributed by atoms with Crippen LogP contribution in [0.4, 0.5) is 17.1 Å². The third-order valence-corrected chi connectivity index (χ3v) is 3.62. The Kier molecular flexibility index (Phi) is 4.25. The van der Waals surface area contributed by atoms with Crippen molar-refractivity contribution in [1.29, 1.82) is 0 Å². The van der Waals surface area contributed by atoms with Crippen molar-refractivity contribution in [3.8, 4) is 11.1 Å². The maximum Gasteiger partial charge on any atom is 0.109 e. The van der Waals surface area contributed by atoms with Crippen LogP contribution in [0, 0.1) is 0 Å². The first-order chi connectivity index (χ1) is 10.7. The van der Waals surface area contributed by atoms with E-state index < -0.39 is 0 Å². The monoisotopic (exact) mass is 352 g/mol. The topological polar surface area (TPSA) is 63.6 Å². The first-order valence-corrected chi connectivity index (χ1v) is 7.49. The van der Waals surface area contributed by atoms with Crippen molar-refractivity contribution in [1.82, 2.24) is 4.98 Å². The Morgan fingerprint density at radius 3 is 2.41 bits per heavy atom. The molecule has 0 radical (unpaired) electrons. The third-order valence-electron chi connectivity index (χ3n) is 3.12. The summed E-state index contributed by atoms with van der Waals surface area (Å²) in [6, 6.07) is 17.3. The number of anilines is 1. The van der Waals surface area contributed by atoms with Crippen LogP contribution in [0.3, 0.4) is 0 Å². The molecule has 3 rings (SSSR count). The third kappa shape index (κ3) is 3.38. The van der Waals surface area contributed by atoms with Gasteiger partial charge in [0.1, 0.15) is 5.69 Å². The molecule has 1 heterocycles. The summed E-state index contributed by atoms with van der Waals surface area (Å²) < 4.78 is 0.921. The van der Waals surface area contributed by atoms with Gasteiger partial charge in [0.15, 0.2) is 0 Å². The zero-order valence-electron chi connectivity index (χ0n) is 11.6. The van der Waals surface area contributed by atoms with Crippen LogP contribution >= 0.6 is 15.9 Å². The molecular weight excluding hydrogens is 340 g/mol. The van der Waals surface area contributed by atoms with Crippen molar-refractivity contribution in [2.45, 2.75) is 0 Å². The molecule has 22 heavy (non-hydrogen) atoms. The summed E-state index contributed by atoms with van der Waals surface area (Å²) in [6.07, 6.45) is 3.59. The zero-order valence-corrected chi connectivity index (χ0v) is 13.2. The van der Waals surface area contributed by atoms with Crippen LogP contribution in [-0.2, 0) is 0 Å². The van der Waals surface area contributed by atoms with Crippen molar-refractivity contribution >= 4 is 33.0 Å². The quantitative estimate of drug-likeness (QED) is 0.498. The minimum absolute atomic E-state index is 0.588. The number of nitrogen functional groups attached to an aromatic ring is 1. The Morgan fingerprint density at radius 1 is 0.909 bits per heavy atom. The van der Waals surface area contributed by atoms with Gasteiger partial charge in [-0.25, -0.2) is 0 Å². The number of rotatable bonds is 3. The van der Waals surface area contributed by atoms with E-state index in [0.717, 1.165) is 21.3 Å². The molecule has 0 spiro atoms. The Morgan fingerprint density at radius 2 is 1.73 bits per heavy atom.